The largest absolute Gasteiger partial charge is 0.289 e. The molecule has 1 aliphatic heterocycles. The minimum Gasteiger partial charge on any atom is -0.289 e. The Hall–Kier alpha value is 0.670. The lowest BCUT2D eigenvalue weighted by atomic mass is 10.3. The fourth-order valence-electron chi connectivity index (χ4n) is 0.843. The van der Waals surface area contributed by atoms with Gasteiger partial charge in [0, 0.05) is 5.75 Å². The van der Waals surface area contributed by atoms with Crippen LogP contribution < -0.4 is 5.32 Å². The van der Waals surface area contributed by atoms with Gasteiger partial charge in [0.25, 0.3) is 0 Å². The van der Waals surface area contributed by atoms with E-state index in [9.17, 15) is 0 Å². The first-order valence-corrected chi connectivity index (χ1v) is 4.19. The number of halogens is 3. The van der Waals surface area contributed by atoms with E-state index in [0.29, 0.717) is 5.37 Å². The van der Waals surface area contributed by atoms with Crippen LogP contribution in [-0.2, 0) is 0 Å². The third kappa shape index (κ3) is 5.34. The monoisotopic (exact) mass is 250 g/mol. The van der Waals surface area contributed by atoms with E-state index in [0.717, 1.165) is 12.2 Å². The molecule has 0 aliphatic carbocycles. The minimum atomic E-state index is 0. The van der Waals surface area contributed by atoms with Gasteiger partial charge in [-0.25, -0.2) is 0 Å². The highest BCUT2D eigenvalue weighted by Gasteiger charge is 2.21. The predicted molar refractivity (Wildman–Crippen MR) is 60.8 cm³/mol. The van der Waals surface area contributed by atoms with Gasteiger partial charge in [0.15, 0.2) is 0 Å². The molecule has 1 saturated heterocycles. The van der Waals surface area contributed by atoms with E-state index < -0.39 is 0 Å². The molecule has 6 heteroatoms. The third-order valence-corrected chi connectivity index (χ3v) is 2.78. The van der Waals surface area contributed by atoms with Gasteiger partial charge in [0.2, 0.25) is 0 Å². The molecule has 12 heavy (non-hydrogen) atoms. The van der Waals surface area contributed by atoms with Gasteiger partial charge >= 0.3 is 0 Å². The number of hydrogen-bond donors (Lipinski definition) is 1. The van der Waals surface area contributed by atoms with Crippen molar-refractivity contribution >= 4 is 49.0 Å². The van der Waals surface area contributed by atoms with Crippen LogP contribution in [0.2, 0.25) is 0 Å². The van der Waals surface area contributed by atoms with Gasteiger partial charge in [-0.15, -0.1) is 49.0 Å². The number of nitrogens with zero attached hydrogens (tertiary/aromatic N) is 1. The zero-order chi connectivity index (χ0) is 6.69. The average Bonchev–Trinajstić information content (AvgIpc) is 2.34. The SMILES string of the molecule is CCC1NC(C#N)CS1.Cl.Cl.Cl. The van der Waals surface area contributed by atoms with E-state index in [-0.39, 0.29) is 43.3 Å². The van der Waals surface area contributed by atoms with E-state index in [4.69, 9.17) is 5.26 Å². The molecule has 0 aromatic carbocycles. The molecule has 0 saturated carbocycles. The highest BCUT2D eigenvalue weighted by atomic mass is 35.5. The molecule has 2 unspecified atom stereocenters. The Kier molecular flexibility index (Phi) is 15.0. The Morgan fingerprint density at radius 2 is 2.08 bits per heavy atom. The molecule has 0 radical (unpaired) electrons. The second-order valence-corrected chi connectivity index (χ2v) is 3.31. The van der Waals surface area contributed by atoms with Crippen molar-refractivity contribution in [1.29, 1.82) is 5.26 Å². The molecule has 0 bridgehead atoms. The van der Waals surface area contributed by atoms with E-state index in [2.05, 4.69) is 18.3 Å². The third-order valence-electron chi connectivity index (χ3n) is 1.38. The topological polar surface area (TPSA) is 35.8 Å². The molecule has 74 valence electrons. The maximum atomic E-state index is 8.45. The molecule has 0 spiro atoms. The lowest BCUT2D eigenvalue weighted by Crippen LogP contribution is -2.27. The summed E-state index contributed by atoms with van der Waals surface area (Å²) in [5.41, 5.74) is 0. The molecule has 1 rings (SSSR count). The molecular formula is C6H13Cl3N2S. The smallest absolute Gasteiger partial charge is 0.105 e. The predicted octanol–water partition coefficient (Wildman–Crippen LogP) is 2.22. The Bertz CT molecular complexity index is 139. The molecule has 1 N–H and O–H groups in total. The zero-order valence-electron chi connectivity index (χ0n) is 6.65. The van der Waals surface area contributed by atoms with Gasteiger partial charge in [-0.3, -0.25) is 5.32 Å². The van der Waals surface area contributed by atoms with Crippen LogP contribution in [0.1, 0.15) is 13.3 Å². The van der Waals surface area contributed by atoms with Crippen LogP contribution in [-0.4, -0.2) is 17.2 Å². The van der Waals surface area contributed by atoms with Crippen LogP contribution in [0.3, 0.4) is 0 Å². The Morgan fingerprint density at radius 3 is 2.33 bits per heavy atom. The Labute approximate surface area is 96.1 Å². The van der Waals surface area contributed by atoms with Crippen molar-refractivity contribution < 1.29 is 0 Å². The van der Waals surface area contributed by atoms with Crippen LogP contribution >= 0.6 is 49.0 Å². The summed E-state index contributed by atoms with van der Waals surface area (Å²) in [5.74, 6) is 0.953. The fraction of sp³-hybridized carbons (Fsp3) is 0.833. The summed E-state index contributed by atoms with van der Waals surface area (Å²) < 4.78 is 0. The number of hydrogen-bond acceptors (Lipinski definition) is 3. The van der Waals surface area contributed by atoms with Crippen LogP contribution in [0.15, 0.2) is 0 Å². The Balaban J connectivity index is -0.000000270. The molecule has 0 aromatic rings. The summed E-state index contributed by atoms with van der Waals surface area (Å²) in [6.45, 7) is 2.13. The van der Waals surface area contributed by atoms with E-state index in [1.807, 2.05) is 11.8 Å². The zero-order valence-corrected chi connectivity index (χ0v) is 9.92. The normalized spacial score (nSPS) is 25.7. The molecule has 0 aromatic heterocycles. The first-order chi connectivity index (χ1) is 4.36. The van der Waals surface area contributed by atoms with Crippen molar-refractivity contribution in [3.63, 3.8) is 0 Å². The maximum absolute atomic E-state index is 8.45. The number of nitrogens with one attached hydrogen (secondary N) is 1. The number of rotatable bonds is 1. The fourth-order valence-corrected chi connectivity index (χ4v) is 1.93. The summed E-state index contributed by atoms with van der Waals surface area (Å²) in [5, 5.41) is 12.2. The first kappa shape index (κ1) is 18.5. The molecule has 1 fully saturated rings. The van der Waals surface area contributed by atoms with Gasteiger partial charge < -0.3 is 0 Å². The summed E-state index contributed by atoms with van der Waals surface area (Å²) in [7, 11) is 0. The van der Waals surface area contributed by atoms with Crippen molar-refractivity contribution in [3.8, 4) is 6.07 Å². The van der Waals surface area contributed by atoms with Gasteiger partial charge in [0.05, 0.1) is 11.4 Å². The van der Waals surface area contributed by atoms with Crippen LogP contribution in [0.5, 0.6) is 0 Å². The molecule has 2 atom stereocenters. The lowest BCUT2D eigenvalue weighted by molar-refractivity contribution is 0.633. The second-order valence-electron chi connectivity index (χ2n) is 2.08. The second kappa shape index (κ2) is 9.76. The van der Waals surface area contributed by atoms with Crippen LogP contribution in [0.25, 0.3) is 0 Å². The lowest BCUT2D eigenvalue weighted by Gasteiger charge is -2.03. The highest BCUT2D eigenvalue weighted by molar-refractivity contribution is 8.00. The standard InChI is InChI=1S/C6H10N2S.3ClH/c1-2-6-8-5(3-7)4-9-6;;;/h5-6,8H,2,4H2,1H3;3*1H. The quantitative estimate of drug-likeness (QED) is 0.776. The van der Waals surface area contributed by atoms with Crippen LogP contribution in [0, 0.1) is 11.3 Å². The van der Waals surface area contributed by atoms with Gasteiger partial charge in [-0.05, 0) is 6.42 Å². The summed E-state index contributed by atoms with van der Waals surface area (Å²) >= 11 is 1.84. The highest BCUT2D eigenvalue weighted by Crippen LogP contribution is 2.19. The number of nitriles is 1. The van der Waals surface area contributed by atoms with Crippen molar-refractivity contribution in [2.45, 2.75) is 24.8 Å². The summed E-state index contributed by atoms with van der Waals surface area (Å²) in [4.78, 5) is 0. The van der Waals surface area contributed by atoms with Gasteiger partial charge in [-0.2, -0.15) is 5.26 Å². The van der Waals surface area contributed by atoms with E-state index in [1.165, 1.54) is 0 Å². The van der Waals surface area contributed by atoms with Crippen molar-refractivity contribution in [2.24, 2.45) is 0 Å². The van der Waals surface area contributed by atoms with Crippen molar-refractivity contribution in [3.05, 3.63) is 0 Å². The summed E-state index contributed by atoms with van der Waals surface area (Å²) in [6, 6.07) is 2.29. The molecule has 1 heterocycles. The van der Waals surface area contributed by atoms with Crippen LogP contribution in [0.4, 0.5) is 0 Å². The van der Waals surface area contributed by atoms with Gasteiger partial charge in [0.1, 0.15) is 6.04 Å². The van der Waals surface area contributed by atoms with Crippen molar-refractivity contribution in [1.82, 2.24) is 5.32 Å². The molecular weight excluding hydrogens is 239 g/mol. The first-order valence-electron chi connectivity index (χ1n) is 3.14. The van der Waals surface area contributed by atoms with E-state index in [1.54, 1.807) is 0 Å². The van der Waals surface area contributed by atoms with E-state index >= 15 is 0 Å². The number of thioether (sulfide) groups is 1. The van der Waals surface area contributed by atoms with Crippen molar-refractivity contribution in [2.75, 3.05) is 5.75 Å². The maximum Gasteiger partial charge on any atom is 0.105 e. The molecule has 0 amide bonds. The Morgan fingerprint density at radius 1 is 1.50 bits per heavy atom. The molecule has 1 aliphatic rings. The van der Waals surface area contributed by atoms with Gasteiger partial charge in [-0.1, -0.05) is 6.92 Å². The summed E-state index contributed by atoms with van der Waals surface area (Å²) in [6.07, 6.45) is 1.11. The minimum absolute atomic E-state index is 0. The molecule has 2 nitrogen and oxygen atoms in total. The average molecular weight is 252 g/mol.